The lowest BCUT2D eigenvalue weighted by atomic mass is 10.2. The van der Waals surface area contributed by atoms with Gasteiger partial charge in [0.25, 0.3) is 0 Å². The first kappa shape index (κ1) is 9.40. The summed E-state index contributed by atoms with van der Waals surface area (Å²) in [5.74, 6) is 0.0989. The molecule has 0 bridgehead atoms. The zero-order valence-corrected chi connectivity index (χ0v) is 7.82. The Kier molecular flexibility index (Phi) is 2.63. The molecule has 2 rings (SSSR count). The topological polar surface area (TPSA) is 48.1 Å². The van der Waals surface area contributed by atoms with Crippen molar-refractivity contribution in [1.29, 1.82) is 0 Å². The van der Waals surface area contributed by atoms with Crippen LogP contribution >= 0.6 is 0 Å². The predicted octanol–water partition coefficient (Wildman–Crippen LogP) is 1.48. The monoisotopic (exact) mass is 196 g/mol. The van der Waals surface area contributed by atoms with Gasteiger partial charge in [-0.3, -0.25) is 0 Å². The number of nitrogens with two attached hydrogens (primary N) is 1. The van der Waals surface area contributed by atoms with Crippen molar-refractivity contribution in [3.8, 4) is 5.88 Å². The molecule has 4 heteroatoms. The van der Waals surface area contributed by atoms with Crippen molar-refractivity contribution < 1.29 is 9.13 Å². The molecule has 1 aliphatic carbocycles. The van der Waals surface area contributed by atoms with E-state index in [9.17, 15) is 4.39 Å². The van der Waals surface area contributed by atoms with E-state index in [0.29, 0.717) is 5.88 Å². The largest absolute Gasteiger partial charge is 0.473 e. The molecule has 1 aromatic rings. The smallest absolute Gasteiger partial charge is 0.213 e. The minimum atomic E-state index is -0.354. The highest BCUT2D eigenvalue weighted by molar-refractivity contribution is 5.11. The maximum atomic E-state index is 12.5. The Morgan fingerprint density at radius 3 is 2.86 bits per heavy atom. The fourth-order valence-electron chi connectivity index (χ4n) is 1.69. The lowest BCUT2D eigenvalue weighted by Gasteiger charge is -2.16. The van der Waals surface area contributed by atoms with Crippen LogP contribution in [0.4, 0.5) is 4.39 Å². The second-order valence-electron chi connectivity index (χ2n) is 3.57. The zero-order valence-electron chi connectivity index (χ0n) is 7.82. The SMILES string of the molecule is NC1CCCC1Oc1ccc(F)cn1. The third-order valence-electron chi connectivity index (χ3n) is 2.48. The van der Waals surface area contributed by atoms with Crippen LogP contribution in [0.25, 0.3) is 0 Å². The zero-order chi connectivity index (χ0) is 9.97. The van der Waals surface area contributed by atoms with Crippen molar-refractivity contribution in [3.63, 3.8) is 0 Å². The van der Waals surface area contributed by atoms with E-state index < -0.39 is 0 Å². The highest BCUT2D eigenvalue weighted by Crippen LogP contribution is 2.22. The van der Waals surface area contributed by atoms with Crippen molar-refractivity contribution >= 4 is 0 Å². The first-order chi connectivity index (χ1) is 6.75. The molecule has 3 nitrogen and oxygen atoms in total. The van der Waals surface area contributed by atoms with Gasteiger partial charge in [0, 0.05) is 12.1 Å². The van der Waals surface area contributed by atoms with Crippen LogP contribution < -0.4 is 10.5 Å². The number of halogens is 1. The molecule has 0 aliphatic heterocycles. The third kappa shape index (κ3) is 2.01. The van der Waals surface area contributed by atoms with Crippen molar-refractivity contribution in [1.82, 2.24) is 4.98 Å². The van der Waals surface area contributed by atoms with Gasteiger partial charge in [0.05, 0.1) is 6.20 Å². The van der Waals surface area contributed by atoms with E-state index in [4.69, 9.17) is 10.5 Å². The normalized spacial score (nSPS) is 26.4. The Labute approximate surface area is 82.1 Å². The molecule has 2 N–H and O–H groups in total. The van der Waals surface area contributed by atoms with Crippen LogP contribution in [0.2, 0.25) is 0 Å². The molecule has 2 atom stereocenters. The van der Waals surface area contributed by atoms with Gasteiger partial charge >= 0.3 is 0 Å². The Morgan fingerprint density at radius 1 is 1.43 bits per heavy atom. The van der Waals surface area contributed by atoms with Crippen LogP contribution in [0, 0.1) is 5.82 Å². The molecule has 0 spiro atoms. The maximum Gasteiger partial charge on any atom is 0.213 e. The number of pyridine rings is 1. The van der Waals surface area contributed by atoms with Gasteiger partial charge < -0.3 is 10.5 Å². The summed E-state index contributed by atoms with van der Waals surface area (Å²) in [5, 5.41) is 0. The molecule has 1 aromatic heterocycles. The fourth-order valence-corrected chi connectivity index (χ4v) is 1.69. The van der Waals surface area contributed by atoms with E-state index in [1.165, 1.54) is 12.1 Å². The number of hydrogen-bond acceptors (Lipinski definition) is 3. The molecule has 1 fully saturated rings. The molecule has 0 saturated heterocycles. The van der Waals surface area contributed by atoms with Gasteiger partial charge in [0.1, 0.15) is 11.9 Å². The molecule has 14 heavy (non-hydrogen) atoms. The second-order valence-corrected chi connectivity index (χ2v) is 3.57. The standard InChI is InChI=1S/C10H13FN2O/c11-7-4-5-10(13-6-7)14-9-3-1-2-8(9)12/h4-6,8-9H,1-3,12H2. The van der Waals surface area contributed by atoms with E-state index in [2.05, 4.69) is 4.98 Å². The van der Waals surface area contributed by atoms with Gasteiger partial charge in [-0.05, 0) is 25.3 Å². The summed E-state index contributed by atoms with van der Waals surface area (Å²) in [6.07, 6.45) is 4.22. The Bertz CT molecular complexity index is 301. The van der Waals surface area contributed by atoms with Crippen molar-refractivity contribution in [3.05, 3.63) is 24.1 Å². The molecule has 0 amide bonds. The first-order valence-corrected chi connectivity index (χ1v) is 4.79. The third-order valence-corrected chi connectivity index (χ3v) is 2.48. The fraction of sp³-hybridized carbons (Fsp3) is 0.500. The number of ether oxygens (including phenoxy) is 1. The number of rotatable bonds is 2. The number of aromatic nitrogens is 1. The van der Waals surface area contributed by atoms with Gasteiger partial charge in [-0.15, -0.1) is 0 Å². The summed E-state index contributed by atoms with van der Waals surface area (Å²) in [6, 6.07) is 2.95. The van der Waals surface area contributed by atoms with Crippen molar-refractivity contribution in [2.45, 2.75) is 31.4 Å². The van der Waals surface area contributed by atoms with Crippen molar-refractivity contribution in [2.24, 2.45) is 5.73 Å². The summed E-state index contributed by atoms with van der Waals surface area (Å²) < 4.78 is 18.1. The van der Waals surface area contributed by atoms with E-state index in [-0.39, 0.29) is 18.0 Å². The number of nitrogens with zero attached hydrogens (tertiary/aromatic N) is 1. The van der Waals surface area contributed by atoms with Crippen LogP contribution in [0.15, 0.2) is 18.3 Å². The summed E-state index contributed by atoms with van der Waals surface area (Å²) >= 11 is 0. The lowest BCUT2D eigenvalue weighted by molar-refractivity contribution is 0.183. The van der Waals surface area contributed by atoms with Crippen LogP contribution in [-0.4, -0.2) is 17.1 Å². The molecule has 76 valence electrons. The number of hydrogen-bond donors (Lipinski definition) is 1. The Balaban J connectivity index is 2.00. The molecular weight excluding hydrogens is 183 g/mol. The lowest BCUT2D eigenvalue weighted by Crippen LogP contribution is -2.33. The van der Waals surface area contributed by atoms with E-state index in [0.717, 1.165) is 25.5 Å². The minimum absolute atomic E-state index is 0.0351. The summed E-state index contributed by atoms with van der Waals surface area (Å²) in [6.45, 7) is 0. The van der Waals surface area contributed by atoms with Crippen LogP contribution in [-0.2, 0) is 0 Å². The van der Waals surface area contributed by atoms with E-state index in [1.807, 2.05) is 0 Å². The van der Waals surface area contributed by atoms with Gasteiger partial charge in [-0.1, -0.05) is 0 Å². The van der Waals surface area contributed by atoms with Crippen LogP contribution in [0.1, 0.15) is 19.3 Å². The molecule has 1 heterocycles. The van der Waals surface area contributed by atoms with Crippen molar-refractivity contribution in [2.75, 3.05) is 0 Å². The van der Waals surface area contributed by atoms with Gasteiger partial charge in [0.15, 0.2) is 0 Å². The van der Waals surface area contributed by atoms with E-state index >= 15 is 0 Å². The molecule has 1 saturated carbocycles. The molecular formula is C10H13FN2O. The van der Waals surface area contributed by atoms with Crippen LogP contribution in [0.5, 0.6) is 5.88 Å². The van der Waals surface area contributed by atoms with Crippen LogP contribution in [0.3, 0.4) is 0 Å². The second kappa shape index (κ2) is 3.92. The average Bonchev–Trinajstić information content (AvgIpc) is 2.56. The minimum Gasteiger partial charge on any atom is -0.473 e. The van der Waals surface area contributed by atoms with Gasteiger partial charge in [0.2, 0.25) is 5.88 Å². The molecule has 0 radical (unpaired) electrons. The molecule has 2 unspecified atom stereocenters. The Hall–Kier alpha value is -1.16. The first-order valence-electron chi connectivity index (χ1n) is 4.79. The molecule has 1 aliphatic rings. The van der Waals surface area contributed by atoms with Gasteiger partial charge in [-0.2, -0.15) is 0 Å². The Morgan fingerprint density at radius 2 is 2.29 bits per heavy atom. The predicted molar refractivity (Wildman–Crippen MR) is 50.4 cm³/mol. The highest BCUT2D eigenvalue weighted by Gasteiger charge is 2.25. The summed E-state index contributed by atoms with van der Waals surface area (Å²) in [5.41, 5.74) is 5.83. The highest BCUT2D eigenvalue weighted by atomic mass is 19.1. The maximum absolute atomic E-state index is 12.5. The van der Waals surface area contributed by atoms with E-state index in [1.54, 1.807) is 0 Å². The summed E-state index contributed by atoms with van der Waals surface area (Å²) in [4.78, 5) is 3.82. The quantitative estimate of drug-likeness (QED) is 0.779. The molecule has 0 aromatic carbocycles. The van der Waals surface area contributed by atoms with Gasteiger partial charge in [-0.25, -0.2) is 9.37 Å². The average molecular weight is 196 g/mol. The summed E-state index contributed by atoms with van der Waals surface area (Å²) in [7, 11) is 0.